The molecule has 0 bridgehead atoms. The van der Waals surface area contributed by atoms with Crippen molar-refractivity contribution in [3.05, 3.63) is 64.7 Å². The summed E-state index contributed by atoms with van der Waals surface area (Å²) in [5.41, 5.74) is 4.31. The number of rotatable bonds is 6. The van der Waals surface area contributed by atoms with Gasteiger partial charge in [-0.05, 0) is 68.1 Å². The van der Waals surface area contributed by atoms with Crippen molar-refractivity contribution in [3.8, 4) is 5.75 Å². The Balaban J connectivity index is 2.11. The molecule has 1 atom stereocenters. The second-order valence-corrected chi connectivity index (χ2v) is 5.74. The number of benzene rings is 2. The van der Waals surface area contributed by atoms with Crippen LogP contribution in [0, 0.1) is 13.8 Å². The molecule has 2 aromatic rings. The van der Waals surface area contributed by atoms with Crippen molar-refractivity contribution in [1.82, 2.24) is 5.32 Å². The van der Waals surface area contributed by atoms with Crippen molar-refractivity contribution in [3.63, 3.8) is 0 Å². The molecule has 0 heterocycles. The summed E-state index contributed by atoms with van der Waals surface area (Å²) in [6, 6.07) is 13.6. The zero-order chi connectivity index (χ0) is 16.8. The molecule has 0 radical (unpaired) electrons. The molecule has 23 heavy (non-hydrogen) atoms. The van der Waals surface area contributed by atoms with Gasteiger partial charge in [-0.2, -0.15) is 0 Å². The maximum atomic E-state index is 12.5. The van der Waals surface area contributed by atoms with Crippen molar-refractivity contribution in [2.24, 2.45) is 0 Å². The van der Waals surface area contributed by atoms with E-state index in [1.54, 1.807) is 12.1 Å². The predicted octanol–water partition coefficient (Wildman–Crippen LogP) is 4.58. The van der Waals surface area contributed by atoms with Gasteiger partial charge in [-0.25, -0.2) is 0 Å². The van der Waals surface area contributed by atoms with Crippen LogP contribution in [0.5, 0.6) is 5.75 Å². The molecule has 1 amide bonds. The average molecular weight is 311 g/mol. The highest BCUT2D eigenvalue weighted by Gasteiger charge is 2.14. The van der Waals surface area contributed by atoms with Gasteiger partial charge in [0.15, 0.2) is 0 Å². The number of hydrogen-bond donors (Lipinski definition) is 1. The molecule has 0 aliphatic heterocycles. The largest absolute Gasteiger partial charge is 0.494 e. The third-order valence-corrected chi connectivity index (χ3v) is 4.07. The van der Waals surface area contributed by atoms with E-state index in [1.165, 1.54) is 11.1 Å². The summed E-state index contributed by atoms with van der Waals surface area (Å²) >= 11 is 0. The van der Waals surface area contributed by atoms with Crippen LogP contribution in [0.2, 0.25) is 0 Å². The lowest BCUT2D eigenvalue weighted by Crippen LogP contribution is -2.28. The number of aryl methyl sites for hydroxylation is 2. The van der Waals surface area contributed by atoms with Gasteiger partial charge in [-0.15, -0.1) is 0 Å². The number of carbonyl (C=O) groups excluding carboxylic acids is 1. The minimum atomic E-state index is -0.0573. The van der Waals surface area contributed by atoms with E-state index >= 15 is 0 Å². The lowest BCUT2D eigenvalue weighted by atomic mass is 9.99. The number of carbonyl (C=O) groups is 1. The topological polar surface area (TPSA) is 38.3 Å². The third-order valence-electron chi connectivity index (χ3n) is 4.07. The Morgan fingerprint density at radius 3 is 2.30 bits per heavy atom. The molecular weight excluding hydrogens is 286 g/mol. The van der Waals surface area contributed by atoms with Crippen LogP contribution in [0.3, 0.4) is 0 Å². The first-order valence-corrected chi connectivity index (χ1v) is 8.16. The molecule has 122 valence electrons. The van der Waals surface area contributed by atoms with Gasteiger partial charge in [0.25, 0.3) is 5.91 Å². The molecule has 0 saturated carbocycles. The minimum Gasteiger partial charge on any atom is -0.494 e. The number of amides is 1. The average Bonchev–Trinajstić information content (AvgIpc) is 2.56. The van der Waals surface area contributed by atoms with Crippen molar-refractivity contribution in [1.29, 1.82) is 0 Å². The zero-order valence-corrected chi connectivity index (χ0v) is 14.3. The summed E-state index contributed by atoms with van der Waals surface area (Å²) in [6.45, 7) is 8.84. The van der Waals surface area contributed by atoms with E-state index in [2.05, 4.69) is 44.3 Å². The monoisotopic (exact) mass is 311 g/mol. The fourth-order valence-corrected chi connectivity index (χ4v) is 2.51. The van der Waals surface area contributed by atoms with Crippen molar-refractivity contribution in [2.45, 2.75) is 40.2 Å². The van der Waals surface area contributed by atoms with Crippen LogP contribution in [0.15, 0.2) is 42.5 Å². The maximum Gasteiger partial charge on any atom is 0.251 e. The molecule has 0 aliphatic carbocycles. The van der Waals surface area contributed by atoms with Crippen LogP contribution in [-0.4, -0.2) is 12.5 Å². The number of hydrogen-bond acceptors (Lipinski definition) is 2. The molecule has 0 saturated heterocycles. The minimum absolute atomic E-state index is 0.0216. The smallest absolute Gasteiger partial charge is 0.251 e. The van der Waals surface area contributed by atoms with Crippen LogP contribution in [0.25, 0.3) is 0 Å². The normalized spacial score (nSPS) is 11.8. The number of ether oxygens (including phenoxy) is 1. The summed E-state index contributed by atoms with van der Waals surface area (Å²) < 4.78 is 5.40. The van der Waals surface area contributed by atoms with Gasteiger partial charge in [-0.1, -0.05) is 25.1 Å². The SMILES string of the molecule is CCOc1ccc(C(=O)NC(CC)c2ccc(C)c(C)c2)cc1. The molecule has 0 fully saturated rings. The van der Waals surface area contributed by atoms with Gasteiger partial charge in [0.05, 0.1) is 12.6 Å². The van der Waals surface area contributed by atoms with E-state index in [4.69, 9.17) is 4.74 Å². The number of nitrogens with one attached hydrogen (secondary N) is 1. The molecule has 2 aromatic carbocycles. The second-order valence-electron chi connectivity index (χ2n) is 5.74. The zero-order valence-electron chi connectivity index (χ0n) is 14.3. The van der Waals surface area contributed by atoms with E-state index in [9.17, 15) is 4.79 Å². The first kappa shape index (κ1) is 17.1. The van der Waals surface area contributed by atoms with Crippen LogP contribution in [-0.2, 0) is 0 Å². The summed E-state index contributed by atoms with van der Waals surface area (Å²) in [6.07, 6.45) is 0.852. The molecule has 1 unspecified atom stereocenters. The predicted molar refractivity (Wildman–Crippen MR) is 94.0 cm³/mol. The molecule has 2 rings (SSSR count). The Labute approximate surface area is 138 Å². The fraction of sp³-hybridized carbons (Fsp3) is 0.350. The van der Waals surface area contributed by atoms with Crippen molar-refractivity contribution >= 4 is 5.91 Å². The van der Waals surface area contributed by atoms with E-state index in [0.717, 1.165) is 17.7 Å². The van der Waals surface area contributed by atoms with Crippen molar-refractivity contribution < 1.29 is 9.53 Å². The Kier molecular flexibility index (Phi) is 5.80. The highest BCUT2D eigenvalue weighted by atomic mass is 16.5. The van der Waals surface area contributed by atoms with Crippen molar-refractivity contribution in [2.75, 3.05) is 6.61 Å². The highest BCUT2D eigenvalue weighted by Crippen LogP contribution is 2.21. The van der Waals surface area contributed by atoms with Gasteiger partial charge >= 0.3 is 0 Å². The quantitative estimate of drug-likeness (QED) is 0.847. The van der Waals surface area contributed by atoms with E-state index in [-0.39, 0.29) is 11.9 Å². The molecule has 3 nitrogen and oxygen atoms in total. The second kappa shape index (κ2) is 7.82. The lowest BCUT2D eigenvalue weighted by molar-refractivity contribution is 0.0935. The summed E-state index contributed by atoms with van der Waals surface area (Å²) in [5, 5.41) is 3.12. The first-order valence-electron chi connectivity index (χ1n) is 8.16. The lowest BCUT2D eigenvalue weighted by Gasteiger charge is -2.19. The van der Waals surface area contributed by atoms with Gasteiger partial charge in [0.2, 0.25) is 0 Å². The van der Waals surface area contributed by atoms with Gasteiger partial charge < -0.3 is 10.1 Å². The Morgan fingerprint density at radius 1 is 1.04 bits per heavy atom. The molecule has 0 aliphatic rings. The molecule has 3 heteroatoms. The summed E-state index contributed by atoms with van der Waals surface area (Å²) in [5.74, 6) is 0.725. The van der Waals surface area contributed by atoms with Gasteiger partial charge in [-0.3, -0.25) is 4.79 Å². The summed E-state index contributed by atoms with van der Waals surface area (Å²) in [7, 11) is 0. The first-order chi connectivity index (χ1) is 11.0. The van der Waals surface area contributed by atoms with Crippen LogP contribution in [0.4, 0.5) is 0 Å². The maximum absolute atomic E-state index is 12.5. The molecule has 0 spiro atoms. The Morgan fingerprint density at radius 2 is 1.74 bits per heavy atom. The Bertz CT molecular complexity index is 662. The van der Waals surface area contributed by atoms with E-state index in [0.29, 0.717) is 12.2 Å². The molecule has 1 N–H and O–H groups in total. The van der Waals surface area contributed by atoms with Crippen LogP contribution >= 0.6 is 0 Å². The standard InChI is InChI=1S/C20H25NO2/c1-5-19(17-8-7-14(3)15(4)13-17)21-20(22)16-9-11-18(12-10-16)23-6-2/h7-13,19H,5-6H2,1-4H3,(H,21,22). The highest BCUT2D eigenvalue weighted by molar-refractivity contribution is 5.94. The molecule has 0 aromatic heterocycles. The molecular formula is C20H25NO2. The van der Waals surface area contributed by atoms with Gasteiger partial charge in [0.1, 0.15) is 5.75 Å². The summed E-state index contributed by atoms with van der Waals surface area (Å²) in [4.78, 5) is 12.5. The third kappa shape index (κ3) is 4.35. The fourth-order valence-electron chi connectivity index (χ4n) is 2.51. The van der Waals surface area contributed by atoms with Crippen LogP contribution < -0.4 is 10.1 Å². The van der Waals surface area contributed by atoms with E-state index < -0.39 is 0 Å². The van der Waals surface area contributed by atoms with Gasteiger partial charge in [0, 0.05) is 5.56 Å². The van der Waals surface area contributed by atoms with Crippen LogP contribution in [0.1, 0.15) is 53.4 Å². The Hall–Kier alpha value is -2.29. The van der Waals surface area contributed by atoms with E-state index in [1.807, 2.05) is 19.1 Å².